The number of ether oxygens (including phenoxy) is 1. The zero-order chi connectivity index (χ0) is 11.6. The molecule has 0 bridgehead atoms. The number of halogens is 1. The van der Waals surface area contributed by atoms with Crippen LogP contribution in [0.25, 0.3) is 0 Å². The molecular formula is C12H15BrO2. The summed E-state index contributed by atoms with van der Waals surface area (Å²) in [6, 6.07) is 5.54. The predicted octanol–water partition coefficient (Wildman–Crippen LogP) is 3.53. The zero-order valence-corrected chi connectivity index (χ0v) is 11.0. The number of hydrogen-bond donors (Lipinski definition) is 0. The lowest BCUT2D eigenvalue weighted by molar-refractivity contribution is 0.0600. The second kappa shape index (κ2) is 4.35. The maximum absolute atomic E-state index is 11.3. The van der Waals surface area contributed by atoms with Crippen LogP contribution >= 0.6 is 15.9 Å². The van der Waals surface area contributed by atoms with Crippen LogP contribution in [-0.2, 0) is 10.2 Å². The topological polar surface area (TPSA) is 26.3 Å². The van der Waals surface area contributed by atoms with E-state index in [1.807, 2.05) is 6.07 Å². The Morgan fingerprint density at radius 2 is 1.93 bits per heavy atom. The van der Waals surface area contributed by atoms with Gasteiger partial charge in [0.15, 0.2) is 0 Å². The molecule has 82 valence electrons. The van der Waals surface area contributed by atoms with Gasteiger partial charge in [-0.3, -0.25) is 0 Å². The first-order chi connectivity index (χ1) is 6.86. The van der Waals surface area contributed by atoms with Crippen molar-refractivity contribution in [3.05, 3.63) is 33.8 Å². The van der Waals surface area contributed by atoms with E-state index in [0.717, 1.165) is 4.47 Å². The summed E-state index contributed by atoms with van der Waals surface area (Å²) in [5.41, 5.74) is 1.81. The Hall–Kier alpha value is -0.830. The molecule has 0 aliphatic rings. The van der Waals surface area contributed by atoms with Gasteiger partial charge in [-0.05, 0) is 23.1 Å². The highest BCUT2D eigenvalue weighted by Crippen LogP contribution is 2.30. The largest absolute Gasteiger partial charge is 0.465 e. The van der Waals surface area contributed by atoms with Gasteiger partial charge in [0.1, 0.15) is 0 Å². The maximum atomic E-state index is 11.3. The molecule has 0 aliphatic heterocycles. The molecule has 0 amide bonds. The molecule has 0 atom stereocenters. The standard InChI is InChI=1S/C12H15BrO2/c1-12(2,3)9-6-5-8(7-10(9)13)11(14)15-4/h5-7H,1-4H3. The summed E-state index contributed by atoms with van der Waals surface area (Å²) in [5.74, 6) is -0.309. The normalized spacial score (nSPS) is 11.3. The van der Waals surface area contributed by atoms with Crippen molar-refractivity contribution in [3.8, 4) is 0 Å². The summed E-state index contributed by atoms with van der Waals surface area (Å²) in [6.07, 6.45) is 0. The molecule has 0 spiro atoms. The number of rotatable bonds is 1. The van der Waals surface area contributed by atoms with E-state index in [4.69, 9.17) is 0 Å². The molecule has 0 heterocycles. The van der Waals surface area contributed by atoms with Gasteiger partial charge in [-0.15, -0.1) is 0 Å². The van der Waals surface area contributed by atoms with Crippen molar-refractivity contribution in [1.29, 1.82) is 0 Å². The van der Waals surface area contributed by atoms with Crippen molar-refractivity contribution in [2.24, 2.45) is 0 Å². The molecule has 0 unspecified atom stereocenters. The maximum Gasteiger partial charge on any atom is 0.337 e. The van der Waals surface area contributed by atoms with Gasteiger partial charge in [-0.2, -0.15) is 0 Å². The summed E-state index contributed by atoms with van der Waals surface area (Å²) < 4.78 is 5.60. The van der Waals surface area contributed by atoms with E-state index in [1.54, 1.807) is 12.1 Å². The first kappa shape index (κ1) is 12.2. The van der Waals surface area contributed by atoms with E-state index in [1.165, 1.54) is 12.7 Å². The Labute approximate surface area is 98.8 Å². The van der Waals surface area contributed by atoms with Crippen molar-refractivity contribution in [3.63, 3.8) is 0 Å². The van der Waals surface area contributed by atoms with Crippen molar-refractivity contribution >= 4 is 21.9 Å². The molecule has 0 saturated heterocycles. The molecule has 0 fully saturated rings. The summed E-state index contributed by atoms with van der Waals surface area (Å²) in [6.45, 7) is 6.39. The van der Waals surface area contributed by atoms with E-state index < -0.39 is 0 Å². The minimum absolute atomic E-state index is 0.0630. The third-order valence-electron chi connectivity index (χ3n) is 2.20. The molecule has 15 heavy (non-hydrogen) atoms. The molecule has 0 radical (unpaired) electrons. The molecule has 0 saturated carbocycles. The predicted molar refractivity (Wildman–Crippen MR) is 64.2 cm³/mol. The van der Waals surface area contributed by atoms with Gasteiger partial charge in [-0.25, -0.2) is 4.79 Å². The fourth-order valence-corrected chi connectivity index (χ4v) is 2.34. The van der Waals surface area contributed by atoms with Crippen LogP contribution in [0.3, 0.4) is 0 Å². The molecule has 0 aliphatic carbocycles. The number of carbonyl (C=O) groups excluding carboxylic acids is 1. The van der Waals surface area contributed by atoms with Gasteiger partial charge in [0, 0.05) is 4.47 Å². The molecule has 1 aromatic carbocycles. The van der Waals surface area contributed by atoms with Crippen LogP contribution in [0.4, 0.5) is 0 Å². The smallest absolute Gasteiger partial charge is 0.337 e. The Morgan fingerprint density at radius 1 is 1.33 bits per heavy atom. The van der Waals surface area contributed by atoms with Gasteiger partial charge >= 0.3 is 5.97 Å². The molecule has 3 heteroatoms. The average Bonchev–Trinajstić information content (AvgIpc) is 2.14. The Balaban J connectivity index is 3.15. The lowest BCUT2D eigenvalue weighted by Gasteiger charge is -2.21. The van der Waals surface area contributed by atoms with E-state index >= 15 is 0 Å². The van der Waals surface area contributed by atoms with E-state index in [0.29, 0.717) is 5.56 Å². The van der Waals surface area contributed by atoms with Crippen molar-refractivity contribution < 1.29 is 9.53 Å². The van der Waals surface area contributed by atoms with Crippen molar-refractivity contribution in [2.75, 3.05) is 7.11 Å². The molecule has 1 aromatic rings. The SMILES string of the molecule is COC(=O)c1ccc(C(C)(C)C)c(Br)c1. The van der Waals surface area contributed by atoms with Crippen LogP contribution in [0.2, 0.25) is 0 Å². The molecule has 2 nitrogen and oxygen atoms in total. The molecule has 1 rings (SSSR count). The van der Waals surface area contributed by atoms with Crippen LogP contribution in [-0.4, -0.2) is 13.1 Å². The number of esters is 1. The van der Waals surface area contributed by atoms with Gasteiger partial charge in [-0.1, -0.05) is 42.8 Å². The Kier molecular flexibility index (Phi) is 3.55. The number of benzene rings is 1. The highest BCUT2D eigenvalue weighted by atomic mass is 79.9. The fraction of sp³-hybridized carbons (Fsp3) is 0.417. The van der Waals surface area contributed by atoms with Crippen LogP contribution in [0.5, 0.6) is 0 Å². The first-order valence-electron chi connectivity index (χ1n) is 4.74. The molecular weight excluding hydrogens is 256 g/mol. The van der Waals surface area contributed by atoms with Gasteiger partial charge in [0.2, 0.25) is 0 Å². The summed E-state index contributed by atoms with van der Waals surface area (Å²) in [7, 11) is 1.38. The number of carbonyl (C=O) groups is 1. The van der Waals surface area contributed by atoms with Crippen LogP contribution < -0.4 is 0 Å². The highest BCUT2D eigenvalue weighted by molar-refractivity contribution is 9.10. The third kappa shape index (κ3) is 2.81. The van der Waals surface area contributed by atoms with Crippen LogP contribution in [0, 0.1) is 0 Å². The lowest BCUT2D eigenvalue weighted by Crippen LogP contribution is -2.12. The third-order valence-corrected chi connectivity index (χ3v) is 2.85. The summed E-state index contributed by atoms with van der Waals surface area (Å²) in [5, 5.41) is 0. The molecule has 0 N–H and O–H groups in total. The Morgan fingerprint density at radius 3 is 2.33 bits per heavy atom. The first-order valence-corrected chi connectivity index (χ1v) is 5.54. The second-order valence-corrected chi connectivity index (χ2v) is 5.29. The zero-order valence-electron chi connectivity index (χ0n) is 9.43. The van der Waals surface area contributed by atoms with Crippen LogP contribution in [0.15, 0.2) is 22.7 Å². The summed E-state index contributed by atoms with van der Waals surface area (Å²) >= 11 is 3.47. The summed E-state index contributed by atoms with van der Waals surface area (Å²) in [4.78, 5) is 11.3. The van der Waals surface area contributed by atoms with E-state index in [-0.39, 0.29) is 11.4 Å². The van der Waals surface area contributed by atoms with Crippen molar-refractivity contribution in [2.45, 2.75) is 26.2 Å². The van der Waals surface area contributed by atoms with Gasteiger partial charge < -0.3 is 4.74 Å². The number of methoxy groups -OCH3 is 1. The molecule has 0 aromatic heterocycles. The van der Waals surface area contributed by atoms with Crippen molar-refractivity contribution in [1.82, 2.24) is 0 Å². The Bertz CT molecular complexity index is 378. The second-order valence-electron chi connectivity index (χ2n) is 4.44. The minimum Gasteiger partial charge on any atom is -0.465 e. The van der Waals surface area contributed by atoms with Crippen LogP contribution in [0.1, 0.15) is 36.7 Å². The lowest BCUT2D eigenvalue weighted by atomic mass is 9.87. The monoisotopic (exact) mass is 270 g/mol. The van der Waals surface area contributed by atoms with E-state index in [9.17, 15) is 4.79 Å². The van der Waals surface area contributed by atoms with Gasteiger partial charge in [0.05, 0.1) is 12.7 Å². The van der Waals surface area contributed by atoms with E-state index in [2.05, 4.69) is 41.4 Å². The average molecular weight is 271 g/mol. The highest BCUT2D eigenvalue weighted by Gasteiger charge is 2.18. The minimum atomic E-state index is -0.309. The number of hydrogen-bond acceptors (Lipinski definition) is 2. The quantitative estimate of drug-likeness (QED) is 0.730. The fourth-order valence-electron chi connectivity index (χ4n) is 1.37. The van der Waals surface area contributed by atoms with Gasteiger partial charge in [0.25, 0.3) is 0 Å².